The second-order valence-electron chi connectivity index (χ2n) is 8.33. The van der Waals surface area contributed by atoms with Crippen LogP contribution >= 0.6 is 0 Å². The summed E-state index contributed by atoms with van der Waals surface area (Å²) in [5.74, 6) is 1.17. The molecule has 0 spiro atoms. The number of piperidine rings is 1. The second kappa shape index (κ2) is 8.02. The van der Waals surface area contributed by atoms with Crippen molar-refractivity contribution in [1.82, 2.24) is 14.5 Å². The first-order chi connectivity index (χ1) is 15.1. The zero-order valence-corrected chi connectivity index (χ0v) is 17.5. The molecule has 31 heavy (non-hydrogen) atoms. The lowest BCUT2D eigenvalue weighted by atomic mass is 9.82. The largest absolute Gasteiger partial charge is 0.494 e. The molecular formula is C25H25N3O3. The Bertz CT molecular complexity index is 1170. The van der Waals surface area contributed by atoms with Gasteiger partial charge in [0.05, 0.1) is 6.61 Å². The Morgan fingerprint density at radius 3 is 2.81 bits per heavy atom. The van der Waals surface area contributed by atoms with Gasteiger partial charge in [-0.15, -0.1) is 0 Å². The fourth-order valence-electron chi connectivity index (χ4n) is 4.89. The van der Waals surface area contributed by atoms with Crippen LogP contribution in [0.15, 0.2) is 65.7 Å². The Hall–Kier alpha value is -3.41. The lowest BCUT2D eigenvalue weighted by molar-refractivity contribution is 0.0594. The van der Waals surface area contributed by atoms with Crippen LogP contribution in [-0.2, 0) is 6.54 Å². The number of hydrogen-bond acceptors (Lipinski definition) is 4. The van der Waals surface area contributed by atoms with Crippen molar-refractivity contribution in [3.63, 3.8) is 0 Å². The van der Waals surface area contributed by atoms with E-state index in [1.165, 1.54) is 0 Å². The van der Waals surface area contributed by atoms with Crippen molar-refractivity contribution >= 4 is 5.91 Å². The van der Waals surface area contributed by atoms with Crippen LogP contribution in [-0.4, -0.2) is 40.1 Å². The maximum atomic E-state index is 13.2. The molecule has 6 heteroatoms. The van der Waals surface area contributed by atoms with Crippen molar-refractivity contribution in [2.45, 2.75) is 25.8 Å². The Morgan fingerprint density at radius 1 is 1.10 bits per heavy atom. The number of aromatic nitrogens is 2. The van der Waals surface area contributed by atoms with E-state index in [1.54, 1.807) is 18.5 Å². The van der Waals surface area contributed by atoms with Gasteiger partial charge in [0.25, 0.3) is 11.5 Å². The molecule has 6 nitrogen and oxygen atoms in total. The van der Waals surface area contributed by atoms with Gasteiger partial charge in [-0.3, -0.25) is 14.6 Å². The van der Waals surface area contributed by atoms with Gasteiger partial charge >= 0.3 is 0 Å². The summed E-state index contributed by atoms with van der Waals surface area (Å²) < 4.78 is 7.46. The van der Waals surface area contributed by atoms with Crippen molar-refractivity contribution in [2.75, 3.05) is 19.7 Å². The Morgan fingerprint density at radius 2 is 2.00 bits per heavy atom. The molecule has 2 bridgehead atoms. The van der Waals surface area contributed by atoms with Crippen LogP contribution in [0.2, 0.25) is 0 Å². The third kappa shape index (κ3) is 3.74. The Balaban J connectivity index is 1.45. The summed E-state index contributed by atoms with van der Waals surface area (Å²) in [5.41, 5.74) is 3.50. The van der Waals surface area contributed by atoms with Gasteiger partial charge in [0.15, 0.2) is 0 Å². The van der Waals surface area contributed by atoms with Gasteiger partial charge in [0.2, 0.25) is 0 Å². The maximum absolute atomic E-state index is 13.2. The number of benzene rings is 1. The highest BCUT2D eigenvalue weighted by molar-refractivity contribution is 5.94. The summed E-state index contributed by atoms with van der Waals surface area (Å²) in [6.07, 6.45) is 4.50. The fraction of sp³-hybridized carbons (Fsp3) is 0.320. The summed E-state index contributed by atoms with van der Waals surface area (Å²) in [6, 6.07) is 15.0. The van der Waals surface area contributed by atoms with Crippen LogP contribution in [0.3, 0.4) is 0 Å². The summed E-state index contributed by atoms with van der Waals surface area (Å²) in [5, 5.41) is 0. The summed E-state index contributed by atoms with van der Waals surface area (Å²) >= 11 is 0. The third-order valence-corrected chi connectivity index (χ3v) is 6.23. The molecule has 0 radical (unpaired) electrons. The molecular weight excluding hydrogens is 390 g/mol. The summed E-state index contributed by atoms with van der Waals surface area (Å²) in [4.78, 5) is 32.2. The molecule has 0 aliphatic carbocycles. The number of pyridine rings is 2. The number of hydrogen-bond donors (Lipinski definition) is 0. The first-order valence-electron chi connectivity index (χ1n) is 10.8. The number of amides is 1. The molecule has 3 aromatic rings. The van der Waals surface area contributed by atoms with Crippen molar-refractivity contribution in [1.29, 1.82) is 0 Å². The highest BCUT2D eigenvalue weighted by Gasteiger charge is 2.37. The van der Waals surface area contributed by atoms with Crippen molar-refractivity contribution in [2.24, 2.45) is 5.92 Å². The van der Waals surface area contributed by atoms with E-state index in [2.05, 4.69) is 11.1 Å². The fourth-order valence-corrected chi connectivity index (χ4v) is 4.89. The number of ether oxygens (including phenoxy) is 1. The molecule has 2 aliphatic rings. The van der Waals surface area contributed by atoms with Crippen molar-refractivity contribution in [3.05, 3.63) is 82.5 Å². The van der Waals surface area contributed by atoms with Gasteiger partial charge in [0.1, 0.15) is 5.75 Å². The molecule has 2 aliphatic heterocycles. The van der Waals surface area contributed by atoms with Gasteiger partial charge in [0, 0.05) is 60.8 Å². The molecule has 158 valence electrons. The van der Waals surface area contributed by atoms with E-state index < -0.39 is 0 Å². The number of nitrogens with zero attached hydrogens (tertiary/aromatic N) is 3. The predicted molar refractivity (Wildman–Crippen MR) is 118 cm³/mol. The average Bonchev–Trinajstić information content (AvgIpc) is 2.80. The van der Waals surface area contributed by atoms with Crippen LogP contribution in [0, 0.1) is 5.92 Å². The number of rotatable bonds is 4. The molecule has 1 saturated heterocycles. The van der Waals surface area contributed by atoms with E-state index >= 15 is 0 Å². The Labute approximate surface area is 181 Å². The Kier molecular flexibility index (Phi) is 5.06. The minimum Gasteiger partial charge on any atom is -0.494 e. The zero-order valence-electron chi connectivity index (χ0n) is 17.5. The molecule has 5 rings (SSSR count). The van der Waals surface area contributed by atoms with Gasteiger partial charge < -0.3 is 14.2 Å². The smallest absolute Gasteiger partial charge is 0.254 e. The van der Waals surface area contributed by atoms with Crippen molar-refractivity contribution < 1.29 is 9.53 Å². The van der Waals surface area contributed by atoms with E-state index in [9.17, 15) is 9.59 Å². The maximum Gasteiger partial charge on any atom is 0.254 e. The molecule has 0 saturated carbocycles. The number of likely N-dealkylation sites (tertiary alicyclic amines) is 1. The van der Waals surface area contributed by atoms with Gasteiger partial charge in [-0.1, -0.05) is 12.1 Å². The van der Waals surface area contributed by atoms with Crippen molar-refractivity contribution in [3.8, 4) is 16.9 Å². The van der Waals surface area contributed by atoms with E-state index in [1.807, 2.05) is 52.8 Å². The molecule has 2 atom stereocenters. The SMILES string of the molecule is CCOc1cccc(C(=O)N2C[C@@H]3C[C@H](C2)c2cc(-c4cccnc4)cc(=O)n2C3)c1. The molecule has 1 amide bonds. The number of fused-ring (bicyclic) bond motifs is 4. The molecule has 4 heterocycles. The predicted octanol–water partition coefficient (Wildman–Crippen LogP) is 3.57. The quantitative estimate of drug-likeness (QED) is 0.654. The van der Waals surface area contributed by atoms with Gasteiger partial charge in [-0.25, -0.2) is 0 Å². The van der Waals surface area contributed by atoms with E-state index in [4.69, 9.17) is 4.74 Å². The van der Waals surface area contributed by atoms with Crippen LogP contribution in [0.1, 0.15) is 35.3 Å². The highest BCUT2D eigenvalue weighted by Crippen LogP contribution is 2.37. The second-order valence-corrected chi connectivity index (χ2v) is 8.33. The van der Waals surface area contributed by atoms with Crippen LogP contribution in [0.25, 0.3) is 11.1 Å². The van der Waals surface area contributed by atoms with Crippen LogP contribution in [0.4, 0.5) is 0 Å². The average molecular weight is 415 g/mol. The summed E-state index contributed by atoms with van der Waals surface area (Å²) in [7, 11) is 0. The minimum absolute atomic E-state index is 0.0234. The first-order valence-corrected chi connectivity index (χ1v) is 10.8. The van der Waals surface area contributed by atoms with E-state index in [-0.39, 0.29) is 23.3 Å². The van der Waals surface area contributed by atoms with E-state index in [0.29, 0.717) is 37.6 Å². The van der Waals surface area contributed by atoms with Crippen LogP contribution < -0.4 is 10.3 Å². The van der Waals surface area contributed by atoms with E-state index in [0.717, 1.165) is 23.2 Å². The minimum atomic E-state index is 0.0234. The monoisotopic (exact) mass is 415 g/mol. The molecule has 1 fully saturated rings. The van der Waals surface area contributed by atoms with Crippen LogP contribution in [0.5, 0.6) is 5.75 Å². The normalized spacial score (nSPS) is 19.6. The lowest BCUT2D eigenvalue weighted by Crippen LogP contribution is -2.49. The standard InChI is InChI=1S/C25H25N3O3/c1-2-31-22-7-3-5-18(10-22)25(30)27-14-17-9-21(16-27)23-11-20(12-24(29)28(23)15-17)19-6-4-8-26-13-19/h3-8,10-13,17,21H,2,9,14-16H2,1H3/t17-,21+/m0/s1. The van der Waals surface area contributed by atoms with Gasteiger partial charge in [-0.05, 0) is 55.2 Å². The molecule has 0 unspecified atom stereocenters. The lowest BCUT2D eigenvalue weighted by Gasteiger charge is -2.43. The van der Waals surface area contributed by atoms with Gasteiger partial charge in [-0.2, -0.15) is 0 Å². The number of carbonyl (C=O) groups is 1. The number of carbonyl (C=O) groups excluding carboxylic acids is 1. The summed E-state index contributed by atoms with van der Waals surface area (Å²) in [6.45, 7) is 4.44. The topological polar surface area (TPSA) is 64.4 Å². The molecule has 1 aromatic carbocycles. The molecule has 2 aromatic heterocycles. The third-order valence-electron chi connectivity index (χ3n) is 6.23. The first kappa shape index (κ1) is 19.5. The molecule has 0 N–H and O–H groups in total. The highest BCUT2D eigenvalue weighted by atomic mass is 16.5. The zero-order chi connectivity index (χ0) is 21.4.